The first-order chi connectivity index (χ1) is 9.24. The fourth-order valence-electron chi connectivity index (χ4n) is 2.31. The minimum absolute atomic E-state index is 0.159. The molecule has 2 N–H and O–H groups in total. The third kappa shape index (κ3) is 5.25. The maximum Gasteiger partial charge on any atom is 0.230 e. The number of nitrogens with one attached hydrogen (secondary N) is 2. The van der Waals surface area contributed by atoms with Gasteiger partial charge in [0.2, 0.25) is 5.91 Å². The molecule has 1 aliphatic heterocycles. The lowest BCUT2D eigenvalue weighted by atomic mass is 10.1. The predicted molar refractivity (Wildman–Crippen MR) is 81.4 cm³/mol. The van der Waals surface area contributed by atoms with Gasteiger partial charge >= 0.3 is 0 Å². The minimum atomic E-state index is 0.159. The normalized spacial score (nSPS) is 19.1. The Balaban J connectivity index is 1.66. The Labute approximate surface area is 119 Å². The summed E-state index contributed by atoms with van der Waals surface area (Å²) in [6, 6.07) is 8.77. The van der Waals surface area contributed by atoms with Crippen molar-refractivity contribution in [3.05, 3.63) is 35.4 Å². The second-order valence-electron chi connectivity index (χ2n) is 5.09. The van der Waals surface area contributed by atoms with E-state index in [0.717, 1.165) is 31.7 Å². The average molecular weight is 278 g/mol. The standard InChI is InChI=1S/C15H22N2OS/c1-12-4-2-5-13(8-12)10-19-11-15(18)17-14-6-3-7-16-9-14/h2,4-5,8,14,16H,3,6-7,9-11H2,1H3,(H,17,18)/t14-/m0/s1. The van der Waals surface area contributed by atoms with Crippen molar-refractivity contribution in [2.45, 2.75) is 31.6 Å². The molecule has 0 aliphatic carbocycles. The molecule has 1 aromatic rings. The van der Waals surface area contributed by atoms with E-state index >= 15 is 0 Å². The molecule has 0 spiro atoms. The fourth-order valence-corrected chi connectivity index (χ4v) is 3.09. The summed E-state index contributed by atoms with van der Waals surface area (Å²) < 4.78 is 0. The Morgan fingerprint density at radius 2 is 2.42 bits per heavy atom. The van der Waals surface area contributed by atoms with E-state index in [1.807, 2.05) is 0 Å². The molecule has 2 rings (SSSR count). The summed E-state index contributed by atoms with van der Waals surface area (Å²) in [6.45, 7) is 4.08. The van der Waals surface area contributed by atoms with Crippen LogP contribution in [0.25, 0.3) is 0 Å². The maximum absolute atomic E-state index is 11.8. The van der Waals surface area contributed by atoms with Crippen LogP contribution in [0.15, 0.2) is 24.3 Å². The highest BCUT2D eigenvalue weighted by atomic mass is 32.2. The van der Waals surface area contributed by atoms with E-state index in [9.17, 15) is 4.79 Å². The van der Waals surface area contributed by atoms with Gasteiger partial charge in [0, 0.05) is 18.3 Å². The Kier molecular flexibility index (Phi) is 5.73. The number of hydrogen-bond acceptors (Lipinski definition) is 3. The number of carbonyl (C=O) groups is 1. The maximum atomic E-state index is 11.8. The molecule has 1 atom stereocenters. The van der Waals surface area contributed by atoms with Crippen LogP contribution < -0.4 is 10.6 Å². The SMILES string of the molecule is Cc1cccc(CSCC(=O)N[C@H]2CCCNC2)c1. The predicted octanol–water partition coefficient (Wildman–Crippen LogP) is 2.10. The third-order valence-corrected chi connectivity index (χ3v) is 4.25. The second kappa shape index (κ2) is 7.56. The second-order valence-corrected chi connectivity index (χ2v) is 6.08. The average Bonchev–Trinajstić information content (AvgIpc) is 2.40. The molecule has 1 aromatic carbocycles. The lowest BCUT2D eigenvalue weighted by molar-refractivity contribution is -0.119. The quantitative estimate of drug-likeness (QED) is 0.866. The van der Waals surface area contributed by atoms with Gasteiger partial charge in [0.05, 0.1) is 5.75 Å². The van der Waals surface area contributed by atoms with E-state index in [1.54, 1.807) is 11.8 Å². The topological polar surface area (TPSA) is 41.1 Å². The van der Waals surface area contributed by atoms with Crippen LogP contribution in [0.1, 0.15) is 24.0 Å². The molecule has 104 valence electrons. The molecule has 1 saturated heterocycles. The molecule has 0 unspecified atom stereocenters. The van der Waals surface area contributed by atoms with E-state index in [4.69, 9.17) is 0 Å². The molecular formula is C15H22N2OS. The molecule has 0 saturated carbocycles. The van der Waals surface area contributed by atoms with Crippen molar-refractivity contribution in [1.29, 1.82) is 0 Å². The van der Waals surface area contributed by atoms with E-state index < -0.39 is 0 Å². The van der Waals surface area contributed by atoms with Gasteiger partial charge in [0.15, 0.2) is 0 Å². The van der Waals surface area contributed by atoms with Crippen LogP contribution in [-0.4, -0.2) is 30.8 Å². The third-order valence-electron chi connectivity index (χ3n) is 3.25. The number of carbonyl (C=O) groups excluding carboxylic acids is 1. The van der Waals surface area contributed by atoms with E-state index in [1.165, 1.54) is 11.1 Å². The van der Waals surface area contributed by atoms with Crippen LogP contribution in [0, 0.1) is 6.92 Å². The summed E-state index contributed by atoms with van der Waals surface area (Å²) in [5.41, 5.74) is 2.56. The zero-order valence-corrected chi connectivity index (χ0v) is 12.3. The van der Waals surface area contributed by atoms with Crippen molar-refractivity contribution < 1.29 is 4.79 Å². The van der Waals surface area contributed by atoms with Crippen LogP contribution in [0.3, 0.4) is 0 Å². The first-order valence-electron chi connectivity index (χ1n) is 6.87. The number of piperidine rings is 1. The van der Waals surface area contributed by atoms with Crippen LogP contribution in [0.5, 0.6) is 0 Å². The number of thioether (sulfide) groups is 1. The zero-order valence-electron chi connectivity index (χ0n) is 11.4. The Morgan fingerprint density at radius 3 is 3.16 bits per heavy atom. The van der Waals surface area contributed by atoms with Crippen molar-refractivity contribution in [2.75, 3.05) is 18.8 Å². The van der Waals surface area contributed by atoms with Crippen molar-refractivity contribution in [2.24, 2.45) is 0 Å². The number of rotatable bonds is 5. The van der Waals surface area contributed by atoms with Crippen LogP contribution in [-0.2, 0) is 10.5 Å². The first-order valence-corrected chi connectivity index (χ1v) is 8.03. The van der Waals surface area contributed by atoms with E-state index in [2.05, 4.69) is 41.8 Å². The van der Waals surface area contributed by atoms with Crippen LogP contribution in [0.4, 0.5) is 0 Å². The smallest absolute Gasteiger partial charge is 0.230 e. The molecule has 0 aromatic heterocycles. The summed E-state index contributed by atoms with van der Waals surface area (Å²) >= 11 is 1.68. The summed E-state index contributed by atoms with van der Waals surface area (Å²) in [5, 5.41) is 6.40. The molecule has 1 amide bonds. The van der Waals surface area contributed by atoms with Crippen molar-refractivity contribution in [3.8, 4) is 0 Å². The van der Waals surface area contributed by atoms with Crippen LogP contribution in [0.2, 0.25) is 0 Å². The van der Waals surface area contributed by atoms with Gasteiger partial charge < -0.3 is 10.6 Å². The molecule has 1 aliphatic rings. The first kappa shape index (κ1) is 14.4. The highest BCUT2D eigenvalue weighted by Gasteiger charge is 2.14. The summed E-state index contributed by atoms with van der Waals surface area (Å²) in [6.07, 6.45) is 2.25. The molecule has 1 fully saturated rings. The van der Waals surface area contributed by atoms with Gasteiger partial charge in [-0.3, -0.25) is 4.79 Å². The largest absolute Gasteiger partial charge is 0.351 e. The van der Waals surface area contributed by atoms with Gasteiger partial charge in [-0.25, -0.2) is 0 Å². The van der Waals surface area contributed by atoms with E-state index in [-0.39, 0.29) is 5.91 Å². The van der Waals surface area contributed by atoms with Crippen molar-refractivity contribution in [3.63, 3.8) is 0 Å². The molecule has 1 heterocycles. The monoisotopic (exact) mass is 278 g/mol. The highest BCUT2D eigenvalue weighted by molar-refractivity contribution is 7.99. The van der Waals surface area contributed by atoms with Crippen molar-refractivity contribution >= 4 is 17.7 Å². The van der Waals surface area contributed by atoms with Gasteiger partial charge in [-0.15, -0.1) is 11.8 Å². The van der Waals surface area contributed by atoms with Gasteiger partial charge in [0.25, 0.3) is 0 Å². The zero-order chi connectivity index (χ0) is 13.5. The van der Waals surface area contributed by atoms with Gasteiger partial charge in [-0.1, -0.05) is 29.8 Å². The molecule has 0 radical (unpaired) electrons. The summed E-state index contributed by atoms with van der Waals surface area (Å²) in [7, 11) is 0. The molecule has 4 heteroatoms. The summed E-state index contributed by atoms with van der Waals surface area (Å²) in [5.74, 6) is 1.61. The summed E-state index contributed by atoms with van der Waals surface area (Å²) in [4.78, 5) is 11.8. The Hall–Kier alpha value is -1.00. The fraction of sp³-hybridized carbons (Fsp3) is 0.533. The number of aryl methyl sites for hydroxylation is 1. The lowest BCUT2D eigenvalue weighted by Crippen LogP contribution is -2.46. The number of amides is 1. The highest BCUT2D eigenvalue weighted by Crippen LogP contribution is 2.13. The Morgan fingerprint density at radius 1 is 1.53 bits per heavy atom. The van der Waals surface area contributed by atoms with Crippen molar-refractivity contribution in [1.82, 2.24) is 10.6 Å². The molecule has 19 heavy (non-hydrogen) atoms. The number of benzene rings is 1. The lowest BCUT2D eigenvalue weighted by Gasteiger charge is -2.23. The Bertz CT molecular complexity index is 416. The minimum Gasteiger partial charge on any atom is -0.351 e. The molecule has 3 nitrogen and oxygen atoms in total. The van der Waals surface area contributed by atoms with E-state index in [0.29, 0.717) is 11.8 Å². The molecule has 0 bridgehead atoms. The van der Waals surface area contributed by atoms with Gasteiger partial charge in [-0.2, -0.15) is 0 Å². The van der Waals surface area contributed by atoms with Gasteiger partial charge in [-0.05, 0) is 31.9 Å². The molecular weight excluding hydrogens is 256 g/mol. The van der Waals surface area contributed by atoms with Crippen LogP contribution >= 0.6 is 11.8 Å². The van der Waals surface area contributed by atoms with Gasteiger partial charge in [0.1, 0.15) is 0 Å². The number of hydrogen-bond donors (Lipinski definition) is 2.